The van der Waals surface area contributed by atoms with Crippen molar-refractivity contribution in [2.24, 2.45) is 10.9 Å². The molecule has 0 saturated heterocycles. The highest BCUT2D eigenvalue weighted by molar-refractivity contribution is 5.80. The van der Waals surface area contributed by atoms with Crippen LogP contribution in [0.1, 0.15) is 32.6 Å². The van der Waals surface area contributed by atoms with Gasteiger partial charge in [0.15, 0.2) is 17.5 Å². The maximum atomic E-state index is 12.8. The third-order valence-corrected chi connectivity index (χ3v) is 4.71. The number of ether oxygens (including phenoxy) is 2. The lowest BCUT2D eigenvalue weighted by molar-refractivity contribution is -0.182. The zero-order chi connectivity index (χ0) is 19.9. The summed E-state index contributed by atoms with van der Waals surface area (Å²) in [5, 5.41) is 6.38. The fraction of sp³-hybridized carbons (Fsp3) is 0.632. The summed E-state index contributed by atoms with van der Waals surface area (Å²) in [5.41, 5.74) is 0. The van der Waals surface area contributed by atoms with Gasteiger partial charge in [-0.1, -0.05) is 12.1 Å². The number of aliphatic imine (C=N–C) groups is 1. The summed E-state index contributed by atoms with van der Waals surface area (Å²) in [6.07, 6.45) is -2.95. The second-order valence-electron chi connectivity index (χ2n) is 6.77. The quantitative estimate of drug-likeness (QED) is 0.577. The number of benzene rings is 1. The standard InChI is InChI=1S/C19H28F3N3O2/c1-13(27-17-7-5-4-6-16(17)26-3)12-24-18(23-2)25-15-10-8-14(9-11-15)19(20,21)22/h4-7,13-15H,8-12H2,1-3H3,(H2,23,24,25). The second kappa shape index (κ2) is 9.71. The van der Waals surface area contributed by atoms with E-state index in [1.165, 1.54) is 0 Å². The predicted molar refractivity (Wildman–Crippen MR) is 99.4 cm³/mol. The van der Waals surface area contributed by atoms with Gasteiger partial charge in [0.2, 0.25) is 0 Å². The predicted octanol–water partition coefficient (Wildman–Crippen LogP) is 3.75. The van der Waals surface area contributed by atoms with Gasteiger partial charge in [0.1, 0.15) is 6.10 Å². The number of rotatable bonds is 6. The van der Waals surface area contributed by atoms with Crippen molar-refractivity contribution >= 4 is 5.96 Å². The average molecular weight is 387 g/mol. The summed E-state index contributed by atoms with van der Waals surface area (Å²) in [4.78, 5) is 4.15. The van der Waals surface area contributed by atoms with Crippen molar-refractivity contribution in [3.05, 3.63) is 24.3 Å². The van der Waals surface area contributed by atoms with Crippen LogP contribution in [0, 0.1) is 5.92 Å². The fourth-order valence-corrected chi connectivity index (χ4v) is 3.17. The van der Waals surface area contributed by atoms with Crippen LogP contribution in [-0.2, 0) is 0 Å². The first-order valence-corrected chi connectivity index (χ1v) is 9.17. The highest BCUT2D eigenvalue weighted by atomic mass is 19.4. The molecule has 0 aromatic heterocycles. The Hall–Kier alpha value is -2.12. The molecule has 2 rings (SSSR count). The molecule has 1 unspecified atom stereocenters. The number of hydrogen-bond acceptors (Lipinski definition) is 3. The third-order valence-electron chi connectivity index (χ3n) is 4.71. The lowest BCUT2D eigenvalue weighted by Gasteiger charge is -2.31. The van der Waals surface area contributed by atoms with Crippen LogP contribution in [0.3, 0.4) is 0 Å². The zero-order valence-electron chi connectivity index (χ0n) is 16.0. The van der Waals surface area contributed by atoms with Gasteiger partial charge in [-0.15, -0.1) is 0 Å². The van der Waals surface area contributed by atoms with Crippen molar-refractivity contribution in [1.29, 1.82) is 0 Å². The molecule has 152 valence electrons. The molecule has 0 spiro atoms. The molecule has 0 amide bonds. The number of nitrogens with one attached hydrogen (secondary N) is 2. The van der Waals surface area contributed by atoms with Crippen molar-refractivity contribution in [2.45, 2.75) is 50.9 Å². The molecule has 0 radical (unpaired) electrons. The summed E-state index contributed by atoms with van der Waals surface area (Å²) < 4.78 is 49.4. The Kier molecular flexibility index (Phi) is 7.62. The van der Waals surface area contributed by atoms with Gasteiger partial charge in [0.25, 0.3) is 0 Å². The van der Waals surface area contributed by atoms with E-state index in [-0.39, 0.29) is 25.0 Å². The van der Waals surface area contributed by atoms with Crippen LogP contribution in [0.5, 0.6) is 11.5 Å². The minimum atomic E-state index is -4.09. The summed E-state index contributed by atoms with van der Waals surface area (Å²) in [7, 11) is 3.23. The van der Waals surface area contributed by atoms with E-state index in [4.69, 9.17) is 9.47 Å². The Balaban J connectivity index is 1.77. The van der Waals surface area contributed by atoms with E-state index in [2.05, 4.69) is 15.6 Å². The lowest BCUT2D eigenvalue weighted by Crippen LogP contribution is -2.47. The molecule has 1 aliphatic carbocycles. The molecule has 8 heteroatoms. The highest BCUT2D eigenvalue weighted by Crippen LogP contribution is 2.37. The first kappa shape index (κ1) is 21.2. The fourth-order valence-electron chi connectivity index (χ4n) is 3.17. The Morgan fingerprint density at radius 3 is 2.37 bits per heavy atom. The molecule has 0 heterocycles. The van der Waals surface area contributed by atoms with E-state index in [1.54, 1.807) is 14.2 Å². The second-order valence-corrected chi connectivity index (χ2v) is 6.77. The summed E-state index contributed by atoms with van der Waals surface area (Å²) in [6, 6.07) is 7.40. The molecule has 1 saturated carbocycles. The number of nitrogens with zero attached hydrogens (tertiary/aromatic N) is 1. The maximum absolute atomic E-state index is 12.8. The van der Waals surface area contributed by atoms with E-state index >= 15 is 0 Å². The molecule has 1 fully saturated rings. The van der Waals surface area contributed by atoms with Crippen molar-refractivity contribution in [2.75, 3.05) is 20.7 Å². The van der Waals surface area contributed by atoms with Crippen LogP contribution < -0.4 is 20.1 Å². The Morgan fingerprint density at radius 2 is 1.81 bits per heavy atom. The van der Waals surface area contributed by atoms with Crippen molar-refractivity contribution < 1.29 is 22.6 Å². The summed E-state index contributed by atoms with van der Waals surface area (Å²) in [6.45, 7) is 2.41. The van der Waals surface area contributed by atoms with Gasteiger partial charge >= 0.3 is 6.18 Å². The maximum Gasteiger partial charge on any atom is 0.391 e. The molecule has 1 atom stereocenters. The number of guanidine groups is 1. The zero-order valence-corrected chi connectivity index (χ0v) is 16.0. The van der Waals surface area contributed by atoms with Gasteiger partial charge < -0.3 is 20.1 Å². The molecule has 0 bridgehead atoms. The highest BCUT2D eigenvalue weighted by Gasteiger charge is 2.41. The molecule has 1 aromatic rings. The first-order valence-electron chi connectivity index (χ1n) is 9.17. The van der Waals surface area contributed by atoms with Crippen LogP contribution in [0.15, 0.2) is 29.3 Å². The Bertz CT molecular complexity index is 614. The molecular formula is C19H28F3N3O2. The van der Waals surface area contributed by atoms with Crippen LogP contribution in [0.25, 0.3) is 0 Å². The van der Waals surface area contributed by atoms with Gasteiger partial charge in [-0.3, -0.25) is 4.99 Å². The number of para-hydroxylation sites is 2. The van der Waals surface area contributed by atoms with Gasteiger partial charge in [-0.05, 0) is 44.7 Å². The minimum Gasteiger partial charge on any atom is -0.493 e. The molecule has 0 aliphatic heterocycles. The van der Waals surface area contributed by atoms with E-state index in [0.29, 0.717) is 36.8 Å². The smallest absolute Gasteiger partial charge is 0.391 e. The van der Waals surface area contributed by atoms with Crippen molar-refractivity contribution in [3.63, 3.8) is 0 Å². The van der Waals surface area contributed by atoms with Gasteiger partial charge in [-0.2, -0.15) is 13.2 Å². The number of hydrogen-bond donors (Lipinski definition) is 2. The van der Waals surface area contributed by atoms with E-state index in [9.17, 15) is 13.2 Å². The molecule has 2 N–H and O–H groups in total. The molecule has 1 aliphatic rings. The van der Waals surface area contributed by atoms with E-state index in [1.807, 2.05) is 31.2 Å². The van der Waals surface area contributed by atoms with Crippen LogP contribution in [-0.4, -0.2) is 45.0 Å². The monoisotopic (exact) mass is 387 g/mol. The first-order chi connectivity index (χ1) is 12.8. The number of methoxy groups -OCH3 is 1. The molecular weight excluding hydrogens is 359 g/mol. The average Bonchev–Trinajstić information content (AvgIpc) is 2.65. The Labute approximate surface area is 158 Å². The van der Waals surface area contributed by atoms with E-state index in [0.717, 1.165) is 0 Å². The topological polar surface area (TPSA) is 54.9 Å². The SMILES string of the molecule is CN=C(NCC(C)Oc1ccccc1OC)NC1CCC(C(F)(F)F)CC1. The normalized spacial score (nSPS) is 22.1. The van der Waals surface area contributed by atoms with Gasteiger partial charge in [0, 0.05) is 13.1 Å². The van der Waals surface area contributed by atoms with Crippen LogP contribution in [0.2, 0.25) is 0 Å². The van der Waals surface area contributed by atoms with Crippen LogP contribution in [0.4, 0.5) is 13.2 Å². The number of alkyl halides is 3. The van der Waals surface area contributed by atoms with Crippen LogP contribution >= 0.6 is 0 Å². The minimum absolute atomic E-state index is 0.000224. The lowest BCUT2D eigenvalue weighted by atomic mass is 9.85. The molecule has 1 aromatic carbocycles. The third kappa shape index (κ3) is 6.52. The number of halogens is 3. The van der Waals surface area contributed by atoms with Crippen molar-refractivity contribution in [1.82, 2.24) is 10.6 Å². The summed E-state index contributed by atoms with van der Waals surface area (Å²) in [5.74, 6) is 0.705. The van der Waals surface area contributed by atoms with Gasteiger partial charge in [-0.25, -0.2) is 0 Å². The molecule has 27 heavy (non-hydrogen) atoms. The Morgan fingerprint density at radius 1 is 1.19 bits per heavy atom. The van der Waals surface area contributed by atoms with E-state index < -0.39 is 12.1 Å². The molecule has 5 nitrogen and oxygen atoms in total. The van der Waals surface area contributed by atoms with Gasteiger partial charge in [0.05, 0.1) is 19.6 Å². The largest absolute Gasteiger partial charge is 0.493 e. The summed E-state index contributed by atoms with van der Waals surface area (Å²) >= 11 is 0. The van der Waals surface area contributed by atoms with Crippen molar-refractivity contribution in [3.8, 4) is 11.5 Å².